The highest BCUT2D eigenvalue weighted by molar-refractivity contribution is 7.90. The number of anilines is 2. The van der Waals surface area contributed by atoms with Crippen LogP contribution in [0.1, 0.15) is 58.6 Å². The Balaban J connectivity index is 1.78. The van der Waals surface area contributed by atoms with Crippen LogP contribution in [0.2, 0.25) is 0 Å². The van der Waals surface area contributed by atoms with Gasteiger partial charge in [-0.2, -0.15) is 13.9 Å². The number of benzene rings is 2. The lowest BCUT2D eigenvalue weighted by molar-refractivity contribution is -0.129. The molecule has 214 valence electrons. The molecular weight excluding hydrogens is 536 g/mol. The van der Waals surface area contributed by atoms with Gasteiger partial charge in [-0.25, -0.2) is 4.79 Å². The van der Waals surface area contributed by atoms with E-state index >= 15 is 0 Å². The fraction of sp³-hybridized carbons (Fsp3) is 0.393. The minimum Gasteiger partial charge on any atom is -0.506 e. The largest absolute Gasteiger partial charge is 0.506 e. The highest BCUT2D eigenvalue weighted by atomic mass is 32.2. The quantitative estimate of drug-likeness (QED) is 0.341. The monoisotopic (exact) mass is 570 g/mol. The van der Waals surface area contributed by atoms with Crippen molar-refractivity contribution in [2.45, 2.75) is 63.5 Å². The number of hydrogen-bond donors (Lipinski definition) is 4. The molecule has 1 atom stereocenters. The third kappa shape index (κ3) is 5.60. The number of hydrogen-bond acceptors (Lipinski definition) is 9. The van der Waals surface area contributed by atoms with Crippen LogP contribution in [0.4, 0.5) is 16.2 Å². The molecule has 1 amide bonds. The summed E-state index contributed by atoms with van der Waals surface area (Å²) in [4.78, 5) is 31.5. The minimum absolute atomic E-state index is 0.124. The number of ketones is 1. The number of amides is 1. The normalized spacial score (nSPS) is 19.9. The number of aliphatic hydroxyl groups is 1. The lowest BCUT2D eigenvalue weighted by atomic mass is 9.71. The van der Waals surface area contributed by atoms with E-state index in [0.717, 1.165) is 0 Å². The van der Waals surface area contributed by atoms with Gasteiger partial charge in [0.1, 0.15) is 27.4 Å². The third-order valence-corrected chi connectivity index (χ3v) is 7.79. The second kappa shape index (κ2) is 10.7. The molecule has 0 aromatic heterocycles. The third-order valence-electron chi connectivity index (χ3n) is 6.47. The van der Waals surface area contributed by atoms with E-state index in [1.165, 1.54) is 25.3 Å². The highest BCUT2D eigenvalue weighted by Crippen LogP contribution is 2.43. The molecule has 11 nitrogen and oxygen atoms in total. The van der Waals surface area contributed by atoms with Crippen LogP contribution in [0.3, 0.4) is 0 Å². The Bertz CT molecular complexity index is 1520. The maximum Gasteiger partial charge on any atom is 0.412 e. The summed E-state index contributed by atoms with van der Waals surface area (Å²) in [6.07, 6.45) is 0.211. The first-order valence-corrected chi connectivity index (χ1v) is 14.3. The predicted octanol–water partition coefficient (Wildman–Crippen LogP) is 4.88. The molecule has 0 saturated carbocycles. The van der Waals surface area contributed by atoms with Crippen molar-refractivity contribution < 1.29 is 32.7 Å². The number of carbonyl (C=O) groups is 2. The van der Waals surface area contributed by atoms with E-state index < -0.39 is 38.8 Å². The van der Waals surface area contributed by atoms with Crippen LogP contribution >= 0.6 is 0 Å². The number of hydroxylamine groups is 1. The molecule has 0 radical (unpaired) electrons. The average molecular weight is 571 g/mol. The molecular formula is C28H34N4O7S. The summed E-state index contributed by atoms with van der Waals surface area (Å²) in [5, 5.41) is 16.7. The number of rotatable bonds is 7. The summed E-state index contributed by atoms with van der Waals surface area (Å²) in [5.74, 6) is -1.05. The van der Waals surface area contributed by atoms with E-state index in [-0.39, 0.29) is 33.6 Å². The number of sulfonamides is 1. The SMILES string of the molecule is CON[C@]1(CCC(C)C)C(=O)C(C2=NS(=O)(=O)c3cc(NC(=O)OC(C)(C)C)ccc3N2)=C(O)c2ccccc21. The number of Topliss-reactive ketones (excluding diaryl/α,β-unsaturated/α-hetero) is 1. The zero-order valence-corrected chi connectivity index (χ0v) is 24.1. The smallest absolute Gasteiger partial charge is 0.412 e. The number of nitrogens with one attached hydrogen (secondary N) is 3. The maximum absolute atomic E-state index is 14.2. The van der Waals surface area contributed by atoms with Gasteiger partial charge in [-0.1, -0.05) is 38.1 Å². The Hall–Kier alpha value is -3.74. The Labute approximate surface area is 233 Å². The second-order valence-corrected chi connectivity index (χ2v) is 12.7. The Morgan fingerprint density at radius 1 is 1.18 bits per heavy atom. The van der Waals surface area contributed by atoms with Crippen LogP contribution in [0, 0.1) is 5.92 Å². The number of aliphatic hydroxyl groups excluding tert-OH is 1. The van der Waals surface area contributed by atoms with Gasteiger partial charge in [-0.15, -0.1) is 4.40 Å². The van der Waals surface area contributed by atoms with Gasteiger partial charge in [-0.05, 0) is 63.3 Å². The first-order valence-electron chi connectivity index (χ1n) is 12.8. The highest BCUT2D eigenvalue weighted by Gasteiger charge is 2.50. The van der Waals surface area contributed by atoms with Crippen molar-refractivity contribution in [3.63, 3.8) is 0 Å². The molecule has 0 bridgehead atoms. The second-order valence-electron chi connectivity index (χ2n) is 11.1. The Kier molecular flexibility index (Phi) is 7.81. The van der Waals surface area contributed by atoms with Gasteiger partial charge in [0.25, 0.3) is 10.0 Å². The maximum atomic E-state index is 14.2. The Morgan fingerprint density at radius 2 is 1.88 bits per heavy atom. The van der Waals surface area contributed by atoms with Crippen molar-refractivity contribution in [2.75, 3.05) is 17.7 Å². The van der Waals surface area contributed by atoms with Crippen molar-refractivity contribution >= 4 is 44.9 Å². The zero-order chi connectivity index (χ0) is 29.5. The topological polar surface area (TPSA) is 155 Å². The summed E-state index contributed by atoms with van der Waals surface area (Å²) in [5.41, 5.74) is 1.61. The van der Waals surface area contributed by atoms with Crippen molar-refractivity contribution in [1.29, 1.82) is 0 Å². The summed E-state index contributed by atoms with van der Waals surface area (Å²) >= 11 is 0. The van der Waals surface area contributed by atoms with Crippen LogP contribution in [-0.4, -0.2) is 43.9 Å². The molecule has 2 aliphatic rings. The van der Waals surface area contributed by atoms with Crippen molar-refractivity contribution in [3.8, 4) is 0 Å². The van der Waals surface area contributed by atoms with Gasteiger partial charge >= 0.3 is 6.09 Å². The van der Waals surface area contributed by atoms with Gasteiger partial charge in [-0.3, -0.25) is 10.1 Å². The molecule has 0 saturated heterocycles. The summed E-state index contributed by atoms with van der Waals surface area (Å²) in [6, 6.07) is 11.0. The summed E-state index contributed by atoms with van der Waals surface area (Å²) in [7, 11) is -2.96. The first-order chi connectivity index (χ1) is 18.7. The first kappa shape index (κ1) is 29.2. The molecule has 4 N–H and O–H groups in total. The number of amidine groups is 1. The summed E-state index contributed by atoms with van der Waals surface area (Å²) < 4.78 is 35.8. The molecule has 0 spiro atoms. The average Bonchev–Trinajstić information content (AvgIpc) is 2.85. The standard InChI is InChI=1S/C28H34N4O7S/c1-16(2)13-14-28(32-38-6)19-10-8-7-9-18(19)23(33)22(24(28)34)25-30-20-12-11-17(15-21(20)40(36,37)31-25)29-26(35)39-27(3,4)5/h7-12,15-16,32-33H,13-14H2,1-6H3,(H,29,35)(H,30,31)/t28-/m0/s1. The fourth-order valence-electron chi connectivity index (χ4n) is 4.71. The van der Waals surface area contributed by atoms with E-state index in [2.05, 4.69) is 20.5 Å². The molecule has 0 unspecified atom stereocenters. The van der Waals surface area contributed by atoms with Gasteiger partial charge < -0.3 is 20.0 Å². The zero-order valence-electron chi connectivity index (χ0n) is 23.3. The van der Waals surface area contributed by atoms with Gasteiger partial charge in [0.2, 0.25) is 0 Å². The van der Waals surface area contributed by atoms with E-state index in [0.29, 0.717) is 24.0 Å². The van der Waals surface area contributed by atoms with Crippen molar-refractivity contribution in [3.05, 3.63) is 59.2 Å². The van der Waals surface area contributed by atoms with Gasteiger partial charge in [0.15, 0.2) is 11.6 Å². The molecule has 1 aliphatic heterocycles. The van der Waals surface area contributed by atoms with Crippen LogP contribution in [0.25, 0.3) is 5.76 Å². The lowest BCUT2D eigenvalue weighted by Gasteiger charge is -2.39. The van der Waals surface area contributed by atoms with E-state index in [1.54, 1.807) is 45.0 Å². The molecule has 4 rings (SSSR count). The van der Waals surface area contributed by atoms with Crippen molar-refractivity contribution in [1.82, 2.24) is 5.48 Å². The molecule has 1 heterocycles. The van der Waals surface area contributed by atoms with E-state index in [4.69, 9.17) is 9.57 Å². The molecule has 12 heteroatoms. The van der Waals surface area contributed by atoms with Crippen LogP contribution < -0.4 is 16.1 Å². The van der Waals surface area contributed by atoms with E-state index in [9.17, 15) is 23.1 Å². The molecule has 0 fully saturated rings. The molecule has 1 aliphatic carbocycles. The molecule has 2 aromatic rings. The number of fused-ring (bicyclic) bond motifs is 2. The van der Waals surface area contributed by atoms with Crippen LogP contribution in [0.5, 0.6) is 0 Å². The number of carbonyl (C=O) groups excluding carboxylic acids is 2. The fourth-order valence-corrected chi connectivity index (χ4v) is 5.85. The number of ether oxygens (including phenoxy) is 1. The van der Waals surface area contributed by atoms with Crippen molar-refractivity contribution in [2.24, 2.45) is 10.3 Å². The minimum atomic E-state index is -4.35. The Morgan fingerprint density at radius 3 is 2.52 bits per heavy atom. The van der Waals surface area contributed by atoms with Crippen LogP contribution in [-0.2, 0) is 29.9 Å². The summed E-state index contributed by atoms with van der Waals surface area (Å²) in [6.45, 7) is 9.17. The predicted molar refractivity (Wildman–Crippen MR) is 151 cm³/mol. The van der Waals surface area contributed by atoms with Crippen LogP contribution in [0.15, 0.2) is 57.3 Å². The van der Waals surface area contributed by atoms with Gasteiger partial charge in [0, 0.05) is 11.3 Å². The molecule has 2 aromatic carbocycles. The number of nitrogens with zero attached hydrogens (tertiary/aromatic N) is 1. The van der Waals surface area contributed by atoms with Gasteiger partial charge in [0.05, 0.1) is 12.8 Å². The van der Waals surface area contributed by atoms with E-state index in [1.807, 2.05) is 13.8 Å². The molecule has 40 heavy (non-hydrogen) atoms. The lowest BCUT2D eigenvalue weighted by Crippen LogP contribution is -2.53.